The van der Waals surface area contributed by atoms with Gasteiger partial charge in [-0.05, 0) is 43.9 Å². The molecule has 0 aliphatic heterocycles. The lowest BCUT2D eigenvalue weighted by molar-refractivity contribution is -0.686. The van der Waals surface area contributed by atoms with E-state index in [1.165, 1.54) is 17.7 Å². The van der Waals surface area contributed by atoms with E-state index in [-0.39, 0.29) is 35.2 Å². The van der Waals surface area contributed by atoms with Crippen molar-refractivity contribution in [1.29, 1.82) is 0 Å². The minimum Gasteiger partial charge on any atom is -1.00 e. The monoisotopic (exact) mass is 465 g/mol. The van der Waals surface area contributed by atoms with E-state index in [0.717, 1.165) is 48.8 Å². The first-order valence-corrected chi connectivity index (χ1v) is 10.7. The SMILES string of the molecule is CC(Cc1ccc(O)c(O)c1)[NH2+]CCCCCCn1cnc2c1c(=O)n(C)c(=O)n2C.[Cl-]. The number of phenols is 2. The number of fused-ring (bicyclic) bond motifs is 1. The molecule has 1 unspecified atom stereocenters. The van der Waals surface area contributed by atoms with Gasteiger partial charge in [-0.25, -0.2) is 9.78 Å². The summed E-state index contributed by atoms with van der Waals surface area (Å²) in [5, 5.41) is 21.3. The van der Waals surface area contributed by atoms with Gasteiger partial charge in [0.15, 0.2) is 22.7 Å². The second-order valence-electron chi connectivity index (χ2n) is 8.26. The summed E-state index contributed by atoms with van der Waals surface area (Å²) in [5.74, 6) is -0.163. The molecular formula is C22H32ClN5O4. The molecule has 0 aliphatic rings. The summed E-state index contributed by atoms with van der Waals surface area (Å²) in [6, 6.07) is 5.37. The number of hydrogen-bond donors (Lipinski definition) is 3. The molecule has 0 bridgehead atoms. The van der Waals surface area contributed by atoms with Crippen molar-refractivity contribution in [1.82, 2.24) is 18.7 Å². The van der Waals surface area contributed by atoms with Gasteiger partial charge in [-0.15, -0.1) is 0 Å². The van der Waals surface area contributed by atoms with Crippen molar-refractivity contribution in [3.8, 4) is 11.5 Å². The van der Waals surface area contributed by atoms with Gasteiger partial charge in [-0.3, -0.25) is 13.9 Å². The predicted octanol–water partition coefficient (Wildman–Crippen LogP) is -2.40. The average Bonchev–Trinajstić information content (AvgIpc) is 3.16. The lowest BCUT2D eigenvalue weighted by Gasteiger charge is -2.11. The van der Waals surface area contributed by atoms with Gasteiger partial charge in [0.2, 0.25) is 0 Å². The Kier molecular flexibility index (Phi) is 8.91. The summed E-state index contributed by atoms with van der Waals surface area (Å²) in [6.07, 6.45) is 6.68. The van der Waals surface area contributed by atoms with Crippen LogP contribution in [-0.2, 0) is 27.1 Å². The van der Waals surface area contributed by atoms with Crippen LogP contribution in [0.1, 0.15) is 38.2 Å². The van der Waals surface area contributed by atoms with Crippen molar-refractivity contribution in [2.45, 2.75) is 51.6 Å². The molecule has 0 saturated heterocycles. The normalized spacial score (nSPS) is 12.1. The highest BCUT2D eigenvalue weighted by Gasteiger charge is 2.14. The van der Waals surface area contributed by atoms with Crippen LogP contribution in [0.25, 0.3) is 11.2 Å². The maximum atomic E-state index is 12.4. The highest BCUT2D eigenvalue weighted by molar-refractivity contribution is 5.69. The van der Waals surface area contributed by atoms with Gasteiger partial charge in [0.05, 0.1) is 18.9 Å². The van der Waals surface area contributed by atoms with Crippen LogP contribution in [-0.4, -0.2) is 41.5 Å². The molecular weight excluding hydrogens is 434 g/mol. The molecule has 0 saturated carbocycles. The van der Waals surface area contributed by atoms with E-state index in [2.05, 4.69) is 17.2 Å². The van der Waals surface area contributed by atoms with Crippen molar-refractivity contribution in [2.75, 3.05) is 6.54 Å². The van der Waals surface area contributed by atoms with E-state index in [4.69, 9.17) is 0 Å². The van der Waals surface area contributed by atoms with E-state index in [9.17, 15) is 19.8 Å². The van der Waals surface area contributed by atoms with Gasteiger partial charge in [0.1, 0.15) is 0 Å². The Morgan fingerprint density at radius 3 is 2.47 bits per heavy atom. The molecule has 4 N–H and O–H groups in total. The van der Waals surface area contributed by atoms with E-state index < -0.39 is 0 Å². The molecule has 2 aromatic heterocycles. The molecule has 0 fully saturated rings. The zero-order valence-corrected chi connectivity index (χ0v) is 19.5. The third kappa shape index (κ3) is 5.72. The number of aryl methyl sites for hydroxylation is 2. The summed E-state index contributed by atoms with van der Waals surface area (Å²) in [5.41, 5.74) is 1.25. The standard InChI is InChI=1S/C22H31N5O4.ClH/c1-15(12-16-8-9-17(28)18(29)13-16)23-10-6-4-5-7-11-27-14-24-20-19(27)21(30)26(3)22(31)25(20)2;/h8-9,13-15,23,28-29H,4-7,10-12H2,1-3H3;1H. The minimum atomic E-state index is -0.365. The number of quaternary nitrogens is 1. The Morgan fingerprint density at radius 2 is 1.75 bits per heavy atom. The zero-order chi connectivity index (χ0) is 22.5. The smallest absolute Gasteiger partial charge is 0.332 e. The summed E-state index contributed by atoms with van der Waals surface area (Å²) in [7, 11) is 3.12. The number of halogens is 1. The summed E-state index contributed by atoms with van der Waals surface area (Å²) < 4.78 is 4.37. The third-order valence-corrected chi connectivity index (χ3v) is 5.74. The lowest BCUT2D eigenvalue weighted by atomic mass is 10.1. The number of rotatable bonds is 10. The Hall–Kier alpha value is -2.78. The molecule has 0 spiro atoms. The molecule has 0 radical (unpaired) electrons. The van der Waals surface area contributed by atoms with Crippen LogP contribution < -0.4 is 29.0 Å². The quantitative estimate of drug-likeness (QED) is 0.228. The van der Waals surface area contributed by atoms with E-state index in [1.807, 2.05) is 10.6 Å². The highest BCUT2D eigenvalue weighted by atomic mass is 35.5. The molecule has 32 heavy (non-hydrogen) atoms. The molecule has 3 aromatic rings. The fourth-order valence-electron chi connectivity index (χ4n) is 3.90. The molecule has 10 heteroatoms. The van der Waals surface area contributed by atoms with Gasteiger partial charge >= 0.3 is 5.69 Å². The second-order valence-corrected chi connectivity index (χ2v) is 8.26. The van der Waals surface area contributed by atoms with Crippen molar-refractivity contribution >= 4 is 11.2 Å². The number of benzene rings is 1. The van der Waals surface area contributed by atoms with Crippen molar-refractivity contribution in [2.24, 2.45) is 14.1 Å². The number of imidazole rings is 1. The van der Waals surface area contributed by atoms with Crippen LogP contribution >= 0.6 is 0 Å². The van der Waals surface area contributed by atoms with E-state index in [1.54, 1.807) is 19.4 Å². The van der Waals surface area contributed by atoms with E-state index >= 15 is 0 Å². The minimum absolute atomic E-state index is 0. The Bertz CT molecular complexity index is 1170. The van der Waals surface area contributed by atoms with Gasteiger partial charge in [0.25, 0.3) is 5.56 Å². The number of nitrogens with zero attached hydrogens (tertiary/aromatic N) is 4. The summed E-state index contributed by atoms with van der Waals surface area (Å²) in [4.78, 5) is 28.7. The molecule has 2 heterocycles. The molecule has 1 atom stereocenters. The molecule has 0 aliphatic carbocycles. The fraction of sp³-hybridized carbons (Fsp3) is 0.500. The maximum Gasteiger partial charge on any atom is 0.332 e. The number of nitrogens with two attached hydrogens (primary N) is 1. The number of aromatic hydroxyl groups is 2. The molecule has 0 amide bonds. The lowest BCUT2D eigenvalue weighted by Crippen LogP contribution is -3.00. The average molecular weight is 466 g/mol. The number of aromatic nitrogens is 4. The first-order valence-electron chi connectivity index (χ1n) is 10.7. The van der Waals surface area contributed by atoms with Crippen LogP contribution in [0.3, 0.4) is 0 Å². The topological polar surface area (TPSA) is 119 Å². The molecule has 1 aromatic carbocycles. The van der Waals surface area contributed by atoms with Crippen molar-refractivity contribution < 1.29 is 27.9 Å². The highest BCUT2D eigenvalue weighted by Crippen LogP contribution is 2.25. The van der Waals surface area contributed by atoms with Crippen molar-refractivity contribution in [3.63, 3.8) is 0 Å². The summed E-state index contributed by atoms with van der Waals surface area (Å²) >= 11 is 0. The zero-order valence-electron chi connectivity index (χ0n) is 18.8. The maximum absolute atomic E-state index is 12.4. The summed E-state index contributed by atoms with van der Waals surface area (Å²) in [6.45, 7) is 3.89. The largest absolute Gasteiger partial charge is 1.00 e. The first-order chi connectivity index (χ1) is 14.8. The Labute approximate surface area is 192 Å². The number of hydrogen-bond acceptors (Lipinski definition) is 5. The van der Waals surface area contributed by atoms with Gasteiger partial charge < -0.3 is 32.5 Å². The Balaban J connectivity index is 0.00000363. The van der Waals surface area contributed by atoms with Crippen LogP contribution in [0.5, 0.6) is 11.5 Å². The van der Waals surface area contributed by atoms with Crippen LogP contribution in [0.2, 0.25) is 0 Å². The van der Waals surface area contributed by atoms with Gasteiger partial charge in [0, 0.05) is 27.1 Å². The second kappa shape index (κ2) is 11.2. The fourth-order valence-corrected chi connectivity index (χ4v) is 3.90. The third-order valence-electron chi connectivity index (χ3n) is 5.74. The molecule has 9 nitrogen and oxygen atoms in total. The molecule has 3 rings (SSSR count). The van der Waals surface area contributed by atoms with Gasteiger partial charge in [-0.2, -0.15) is 0 Å². The van der Waals surface area contributed by atoms with Crippen molar-refractivity contribution in [3.05, 3.63) is 50.9 Å². The van der Waals surface area contributed by atoms with Crippen LogP contribution in [0, 0.1) is 0 Å². The van der Waals surface area contributed by atoms with Gasteiger partial charge in [-0.1, -0.05) is 12.5 Å². The van der Waals surface area contributed by atoms with Crippen LogP contribution in [0.4, 0.5) is 0 Å². The van der Waals surface area contributed by atoms with Crippen LogP contribution in [0.15, 0.2) is 34.1 Å². The first kappa shape index (κ1) is 25.5. The number of phenolic OH excluding ortho intramolecular Hbond substituents is 2. The molecule has 176 valence electrons. The van der Waals surface area contributed by atoms with E-state index in [0.29, 0.717) is 23.8 Å². The predicted molar refractivity (Wildman–Crippen MR) is 118 cm³/mol. The number of unbranched alkanes of at least 4 members (excludes halogenated alkanes) is 3. The Morgan fingerprint density at radius 1 is 1.03 bits per heavy atom.